The third-order valence-electron chi connectivity index (χ3n) is 4.19. The summed E-state index contributed by atoms with van der Waals surface area (Å²) in [6, 6.07) is 13.1. The molecular formula is C20H20N4O2. The maximum atomic E-state index is 12.4. The van der Waals surface area contributed by atoms with E-state index < -0.39 is 0 Å². The number of rotatable bonds is 5. The van der Waals surface area contributed by atoms with Crippen molar-refractivity contribution in [3.8, 4) is 11.4 Å². The molecule has 3 rings (SSSR count). The summed E-state index contributed by atoms with van der Waals surface area (Å²) in [5, 5.41) is 2.92. The number of aromatic amines is 1. The molecule has 0 aliphatic heterocycles. The summed E-state index contributed by atoms with van der Waals surface area (Å²) in [5.74, 6) is 0.255. The lowest BCUT2D eigenvalue weighted by atomic mass is 10.1. The first-order valence-corrected chi connectivity index (χ1v) is 8.39. The van der Waals surface area contributed by atoms with Crippen LogP contribution in [0, 0.1) is 6.92 Å². The number of H-pyrrole nitrogens is 1. The Kier molecular flexibility index (Phi) is 5.22. The van der Waals surface area contributed by atoms with Crippen molar-refractivity contribution < 1.29 is 4.79 Å². The van der Waals surface area contributed by atoms with E-state index in [0.717, 1.165) is 11.1 Å². The smallest absolute Gasteiger partial charge is 0.255 e. The number of benzene rings is 1. The van der Waals surface area contributed by atoms with Gasteiger partial charge in [-0.05, 0) is 31.5 Å². The Morgan fingerprint density at radius 3 is 2.50 bits per heavy atom. The highest BCUT2D eigenvalue weighted by molar-refractivity contribution is 5.79. The first kappa shape index (κ1) is 17.5. The van der Waals surface area contributed by atoms with Crippen molar-refractivity contribution in [1.29, 1.82) is 0 Å². The fourth-order valence-corrected chi connectivity index (χ4v) is 2.74. The molecule has 0 saturated heterocycles. The molecule has 6 heteroatoms. The predicted molar refractivity (Wildman–Crippen MR) is 99.5 cm³/mol. The first-order chi connectivity index (χ1) is 12.5. The van der Waals surface area contributed by atoms with E-state index in [9.17, 15) is 9.59 Å². The number of hydrogen-bond acceptors (Lipinski definition) is 4. The molecule has 0 unspecified atom stereocenters. The highest BCUT2D eigenvalue weighted by Gasteiger charge is 2.15. The maximum Gasteiger partial charge on any atom is 0.255 e. The van der Waals surface area contributed by atoms with Gasteiger partial charge in [-0.25, -0.2) is 4.98 Å². The maximum absolute atomic E-state index is 12.4. The highest BCUT2D eigenvalue weighted by atomic mass is 16.2. The zero-order valence-electron chi connectivity index (χ0n) is 14.7. The molecule has 26 heavy (non-hydrogen) atoms. The number of nitrogens with zero attached hydrogens (tertiary/aromatic N) is 2. The van der Waals surface area contributed by atoms with Crippen molar-refractivity contribution in [2.45, 2.75) is 26.3 Å². The molecule has 2 aromatic heterocycles. The van der Waals surface area contributed by atoms with Crippen molar-refractivity contribution in [3.63, 3.8) is 0 Å². The lowest BCUT2D eigenvalue weighted by molar-refractivity contribution is -0.121. The van der Waals surface area contributed by atoms with Crippen molar-refractivity contribution in [1.82, 2.24) is 20.3 Å². The highest BCUT2D eigenvalue weighted by Crippen LogP contribution is 2.14. The Hall–Kier alpha value is -3.28. The number of pyridine rings is 1. The number of aromatic nitrogens is 3. The normalized spacial score (nSPS) is 11.8. The third kappa shape index (κ3) is 4.03. The van der Waals surface area contributed by atoms with Crippen LogP contribution >= 0.6 is 0 Å². The summed E-state index contributed by atoms with van der Waals surface area (Å²) in [4.78, 5) is 35.9. The summed E-state index contributed by atoms with van der Waals surface area (Å²) in [5.41, 5.74) is 2.40. The lowest BCUT2D eigenvalue weighted by Crippen LogP contribution is -2.31. The number of amides is 1. The minimum absolute atomic E-state index is 0.0119. The van der Waals surface area contributed by atoms with Crippen LogP contribution in [0.15, 0.2) is 59.7 Å². The first-order valence-electron chi connectivity index (χ1n) is 8.39. The predicted octanol–water partition coefficient (Wildman–Crippen LogP) is 2.56. The average Bonchev–Trinajstić information content (AvgIpc) is 2.66. The van der Waals surface area contributed by atoms with Gasteiger partial charge in [-0.15, -0.1) is 0 Å². The molecule has 1 aromatic carbocycles. The van der Waals surface area contributed by atoms with Crippen LogP contribution < -0.4 is 10.9 Å². The third-order valence-corrected chi connectivity index (χ3v) is 4.19. The Labute approximate surface area is 151 Å². The molecule has 132 valence electrons. The van der Waals surface area contributed by atoms with E-state index >= 15 is 0 Å². The van der Waals surface area contributed by atoms with E-state index in [2.05, 4.69) is 20.3 Å². The Morgan fingerprint density at radius 2 is 1.85 bits per heavy atom. The fourth-order valence-electron chi connectivity index (χ4n) is 2.74. The van der Waals surface area contributed by atoms with Gasteiger partial charge < -0.3 is 10.3 Å². The molecule has 1 amide bonds. The number of nitrogens with one attached hydrogen (secondary N) is 2. The van der Waals surface area contributed by atoms with Gasteiger partial charge in [0.2, 0.25) is 5.91 Å². The van der Waals surface area contributed by atoms with E-state index in [-0.39, 0.29) is 23.9 Å². The summed E-state index contributed by atoms with van der Waals surface area (Å²) in [7, 11) is 0. The van der Waals surface area contributed by atoms with Crippen molar-refractivity contribution in [2.75, 3.05) is 0 Å². The molecule has 0 spiro atoms. The Morgan fingerprint density at radius 1 is 1.15 bits per heavy atom. The summed E-state index contributed by atoms with van der Waals surface area (Å²) in [6.45, 7) is 3.65. The Balaban J connectivity index is 1.76. The van der Waals surface area contributed by atoms with Gasteiger partial charge in [0.1, 0.15) is 5.82 Å². The minimum Gasteiger partial charge on any atom is -0.349 e. The van der Waals surface area contributed by atoms with Crippen LogP contribution in [0.5, 0.6) is 0 Å². The monoisotopic (exact) mass is 348 g/mol. The van der Waals surface area contributed by atoms with E-state index in [1.54, 1.807) is 31.5 Å². The van der Waals surface area contributed by atoms with E-state index in [1.165, 1.54) is 0 Å². The van der Waals surface area contributed by atoms with Crippen LogP contribution in [0.4, 0.5) is 0 Å². The molecule has 0 radical (unpaired) electrons. The van der Waals surface area contributed by atoms with E-state index in [0.29, 0.717) is 17.1 Å². The van der Waals surface area contributed by atoms with Gasteiger partial charge in [0.15, 0.2) is 0 Å². The minimum atomic E-state index is -0.299. The quantitative estimate of drug-likeness (QED) is 0.742. The second-order valence-electron chi connectivity index (χ2n) is 6.09. The van der Waals surface area contributed by atoms with Crippen LogP contribution in [0.2, 0.25) is 0 Å². The molecular weight excluding hydrogens is 328 g/mol. The molecule has 2 N–H and O–H groups in total. The van der Waals surface area contributed by atoms with Crippen LogP contribution in [-0.4, -0.2) is 20.9 Å². The van der Waals surface area contributed by atoms with Gasteiger partial charge in [-0.2, -0.15) is 0 Å². The summed E-state index contributed by atoms with van der Waals surface area (Å²) >= 11 is 0. The molecule has 0 fully saturated rings. The van der Waals surface area contributed by atoms with Gasteiger partial charge in [0, 0.05) is 29.2 Å². The summed E-state index contributed by atoms with van der Waals surface area (Å²) < 4.78 is 0. The van der Waals surface area contributed by atoms with E-state index in [1.807, 2.05) is 37.3 Å². The SMILES string of the molecule is Cc1nc(-c2ccncc2)[nH]c(=O)c1CC(=O)N[C@@H](C)c1ccccc1. The van der Waals surface area contributed by atoms with Gasteiger partial charge in [0.05, 0.1) is 12.5 Å². The molecule has 0 bridgehead atoms. The molecule has 0 saturated carbocycles. The largest absolute Gasteiger partial charge is 0.349 e. The number of aryl methyl sites for hydroxylation is 1. The Bertz CT molecular complexity index is 953. The molecule has 6 nitrogen and oxygen atoms in total. The number of hydrogen-bond donors (Lipinski definition) is 2. The van der Waals surface area contributed by atoms with Crippen molar-refractivity contribution >= 4 is 5.91 Å². The van der Waals surface area contributed by atoms with Crippen LogP contribution in [0.1, 0.15) is 29.8 Å². The van der Waals surface area contributed by atoms with Crippen molar-refractivity contribution in [2.24, 2.45) is 0 Å². The topological polar surface area (TPSA) is 87.7 Å². The van der Waals surface area contributed by atoms with Gasteiger partial charge in [-0.3, -0.25) is 14.6 Å². The zero-order valence-corrected chi connectivity index (χ0v) is 14.7. The van der Waals surface area contributed by atoms with Gasteiger partial charge in [0.25, 0.3) is 5.56 Å². The lowest BCUT2D eigenvalue weighted by Gasteiger charge is -2.14. The zero-order chi connectivity index (χ0) is 18.5. The van der Waals surface area contributed by atoms with Gasteiger partial charge >= 0.3 is 0 Å². The standard InChI is InChI=1S/C20H20N4O2/c1-13(15-6-4-3-5-7-15)22-18(25)12-17-14(2)23-19(24-20(17)26)16-8-10-21-11-9-16/h3-11,13H,12H2,1-2H3,(H,22,25)(H,23,24,26)/t13-/m0/s1. The summed E-state index contributed by atoms with van der Waals surface area (Å²) in [6.07, 6.45) is 3.26. The number of carbonyl (C=O) groups excluding carboxylic acids is 1. The fraction of sp³-hybridized carbons (Fsp3) is 0.200. The van der Waals surface area contributed by atoms with E-state index in [4.69, 9.17) is 0 Å². The second-order valence-corrected chi connectivity index (χ2v) is 6.09. The molecule has 2 heterocycles. The molecule has 0 aliphatic carbocycles. The molecule has 3 aromatic rings. The molecule has 0 aliphatic rings. The van der Waals surface area contributed by atoms with Crippen LogP contribution in [0.3, 0.4) is 0 Å². The van der Waals surface area contributed by atoms with Crippen molar-refractivity contribution in [3.05, 3.63) is 82.0 Å². The number of carbonyl (C=O) groups is 1. The van der Waals surface area contributed by atoms with Crippen LogP contribution in [0.25, 0.3) is 11.4 Å². The van der Waals surface area contributed by atoms with Crippen LogP contribution in [-0.2, 0) is 11.2 Å². The molecule has 1 atom stereocenters. The second kappa shape index (κ2) is 7.74. The average molecular weight is 348 g/mol. The van der Waals surface area contributed by atoms with Gasteiger partial charge in [-0.1, -0.05) is 30.3 Å².